The summed E-state index contributed by atoms with van der Waals surface area (Å²) < 4.78 is 8.29. The van der Waals surface area contributed by atoms with E-state index in [0.29, 0.717) is 32.6 Å². The van der Waals surface area contributed by atoms with Gasteiger partial charge >= 0.3 is 6.03 Å². The highest BCUT2D eigenvalue weighted by molar-refractivity contribution is 9.11. The predicted molar refractivity (Wildman–Crippen MR) is 148 cm³/mol. The molecule has 0 radical (unpaired) electrons. The second-order valence-electron chi connectivity index (χ2n) is 8.03. The first-order chi connectivity index (χ1) is 17.2. The molecule has 1 fully saturated rings. The molecule has 2 N–H and O–H groups in total. The van der Waals surface area contributed by atoms with Gasteiger partial charge in [0, 0.05) is 10.2 Å². The van der Waals surface area contributed by atoms with Crippen molar-refractivity contribution in [3.05, 3.63) is 96.5 Å². The van der Waals surface area contributed by atoms with Crippen LogP contribution in [0, 0.1) is 6.92 Å². The van der Waals surface area contributed by atoms with E-state index in [0.717, 1.165) is 20.5 Å². The SMILES string of the molecule is Cc1cccc(NC(=O)CN2C(=O)N/C(=C/c3cc(Br)c(OCc4ccc(Br)cc4)c(Br)c3)C2=O)c1. The molecule has 4 rings (SSSR count). The van der Waals surface area contributed by atoms with Crippen molar-refractivity contribution in [2.75, 3.05) is 11.9 Å². The maximum atomic E-state index is 12.8. The number of rotatable bonds is 7. The summed E-state index contributed by atoms with van der Waals surface area (Å²) in [7, 11) is 0. The number of carbonyl (C=O) groups excluding carboxylic acids is 3. The number of amides is 4. The van der Waals surface area contributed by atoms with Crippen molar-refractivity contribution in [3.8, 4) is 5.75 Å². The monoisotopic (exact) mass is 675 g/mol. The number of imide groups is 1. The first-order valence-corrected chi connectivity index (χ1v) is 13.1. The minimum absolute atomic E-state index is 0.0747. The highest BCUT2D eigenvalue weighted by Crippen LogP contribution is 2.36. The van der Waals surface area contributed by atoms with Crippen LogP contribution in [-0.4, -0.2) is 29.3 Å². The maximum Gasteiger partial charge on any atom is 0.329 e. The normalized spacial score (nSPS) is 14.2. The Labute approximate surface area is 233 Å². The van der Waals surface area contributed by atoms with Crippen LogP contribution in [0.5, 0.6) is 5.75 Å². The van der Waals surface area contributed by atoms with Crippen molar-refractivity contribution in [3.63, 3.8) is 0 Å². The lowest BCUT2D eigenvalue weighted by Crippen LogP contribution is -2.38. The van der Waals surface area contributed by atoms with E-state index in [1.54, 1.807) is 30.3 Å². The lowest BCUT2D eigenvalue weighted by Gasteiger charge is -2.12. The summed E-state index contributed by atoms with van der Waals surface area (Å²) >= 11 is 10.4. The number of anilines is 1. The van der Waals surface area contributed by atoms with Gasteiger partial charge in [0.05, 0.1) is 8.95 Å². The number of benzene rings is 3. The second kappa shape index (κ2) is 11.4. The van der Waals surface area contributed by atoms with E-state index in [2.05, 4.69) is 58.4 Å². The number of halogens is 3. The van der Waals surface area contributed by atoms with E-state index in [-0.39, 0.29) is 5.70 Å². The summed E-state index contributed by atoms with van der Waals surface area (Å²) in [6.45, 7) is 1.88. The quantitative estimate of drug-likeness (QED) is 0.224. The fourth-order valence-electron chi connectivity index (χ4n) is 3.49. The number of ether oxygens (including phenoxy) is 1. The highest BCUT2D eigenvalue weighted by Gasteiger charge is 2.35. The third-order valence-corrected chi connectivity index (χ3v) is 6.90. The number of nitrogens with zero attached hydrogens (tertiary/aromatic N) is 1. The van der Waals surface area contributed by atoms with Gasteiger partial charge in [-0.1, -0.05) is 40.2 Å². The minimum Gasteiger partial charge on any atom is -0.487 e. The summed E-state index contributed by atoms with van der Waals surface area (Å²) in [5, 5.41) is 5.24. The van der Waals surface area contributed by atoms with Crippen molar-refractivity contribution in [2.24, 2.45) is 0 Å². The van der Waals surface area contributed by atoms with E-state index in [9.17, 15) is 14.4 Å². The van der Waals surface area contributed by atoms with Crippen LogP contribution in [0.15, 0.2) is 79.8 Å². The van der Waals surface area contributed by atoms with Gasteiger partial charge in [0.1, 0.15) is 24.6 Å². The fourth-order valence-corrected chi connectivity index (χ4v) is 5.20. The largest absolute Gasteiger partial charge is 0.487 e. The Morgan fingerprint density at radius 1 is 1.03 bits per heavy atom. The Morgan fingerprint density at radius 3 is 2.39 bits per heavy atom. The van der Waals surface area contributed by atoms with Gasteiger partial charge in [-0.25, -0.2) is 9.69 Å². The molecule has 0 aromatic heterocycles. The van der Waals surface area contributed by atoms with Crippen molar-refractivity contribution in [1.82, 2.24) is 10.2 Å². The third kappa shape index (κ3) is 6.43. The van der Waals surface area contributed by atoms with Crippen LogP contribution < -0.4 is 15.4 Å². The minimum atomic E-state index is -0.654. The topological polar surface area (TPSA) is 87.7 Å². The van der Waals surface area contributed by atoms with Crippen LogP contribution in [0.3, 0.4) is 0 Å². The zero-order chi connectivity index (χ0) is 25.8. The first kappa shape index (κ1) is 26.1. The molecule has 3 aromatic rings. The molecule has 1 aliphatic heterocycles. The fraction of sp³-hybridized carbons (Fsp3) is 0.115. The Balaban J connectivity index is 1.43. The molecule has 7 nitrogen and oxygen atoms in total. The van der Waals surface area contributed by atoms with Gasteiger partial charge in [-0.15, -0.1) is 0 Å². The summed E-state index contributed by atoms with van der Waals surface area (Å²) in [5.74, 6) is -0.443. The van der Waals surface area contributed by atoms with Crippen LogP contribution in [0.25, 0.3) is 6.08 Å². The van der Waals surface area contributed by atoms with Gasteiger partial charge in [-0.2, -0.15) is 0 Å². The van der Waals surface area contributed by atoms with Crippen molar-refractivity contribution in [1.29, 1.82) is 0 Å². The lowest BCUT2D eigenvalue weighted by molar-refractivity contribution is -0.127. The molecule has 0 aliphatic carbocycles. The number of aryl methyl sites for hydroxylation is 1. The van der Waals surface area contributed by atoms with Crippen LogP contribution in [0.2, 0.25) is 0 Å². The number of hydrogen-bond donors (Lipinski definition) is 2. The maximum absolute atomic E-state index is 12.8. The molecule has 0 unspecified atom stereocenters. The van der Waals surface area contributed by atoms with Gasteiger partial charge in [0.2, 0.25) is 5.91 Å². The molecular formula is C26H20Br3N3O4. The summed E-state index contributed by atoms with van der Waals surface area (Å²) in [5.41, 5.74) is 3.31. The van der Waals surface area contributed by atoms with Gasteiger partial charge in [0.25, 0.3) is 5.91 Å². The molecule has 0 spiro atoms. The van der Waals surface area contributed by atoms with E-state index in [1.165, 1.54) is 0 Å². The van der Waals surface area contributed by atoms with E-state index >= 15 is 0 Å². The number of nitrogens with one attached hydrogen (secondary N) is 2. The average molecular weight is 678 g/mol. The summed E-state index contributed by atoms with van der Waals surface area (Å²) in [6.07, 6.45) is 1.55. The number of carbonyl (C=O) groups is 3. The van der Waals surface area contributed by atoms with Crippen molar-refractivity contribution >= 4 is 77.4 Å². The van der Waals surface area contributed by atoms with E-state index in [1.807, 2.05) is 43.3 Å². The third-order valence-electron chi connectivity index (χ3n) is 5.19. The molecule has 10 heteroatoms. The van der Waals surface area contributed by atoms with Crippen molar-refractivity contribution in [2.45, 2.75) is 13.5 Å². The Bertz CT molecular complexity index is 1350. The lowest BCUT2D eigenvalue weighted by atomic mass is 10.2. The molecule has 184 valence electrons. The standard InChI is InChI=1S/C26H20Br3N3O4/c1-15-3-2-4-19(9-15)30-23(33)13-32-25(34)22(31-26(32)35)12-17-10-20(28)24(21(29)11-17)36-14-16-5-7-18(27)8-6-16/h2-12H,13-14H2,1H3,(H,30,33)(H,31,35)/b22-12+. The predicted octanol–water partition coefficient (Wildman–Crippen LogP) is 6.39. The van der Waals surface area contributed by atoms with Crippen LogP contribution in [0.4, 0.5) is 10.5 Å². The Hall–Kier alpha value is -2.95. The molecule has 1 aliphatic rings. The molecule has 4 amide bonds. The molecular weight excluding hydrogens is 658 g/mol. The molecule has 1 heterocycles. The molecule has 3 aromatic carbocycles. The van der Waals surface area contributed by atoms with Crippen LogP contribution in [-0.2, 0) is 16.2 Å². The van der Waals surface area contributed by atoms with Gasteiger partial charge < -0.3 is 15.4 Å². The molecule has 36 heavy (non-hydrogen) atoms. The summed E-state index contributed by atoms with van der Waals surface area (Å²) in [6, 6.07) is 18.0. The zero-order valence-electron chi connectivity index (χ0n) is 19.0. The highest BCUT2D eigenvalue weighted by atomic mass is 79.9. The van der Waals surface area contributed by atoms with Gasteiger partial charge in [-0.3, -0.25) is 9.59 Å². The summed E-state index contributed by atoms with van der Waals surface area (Å²) in [4.78, 5) is 38.5. The molecule has 0 saturated carbocycles. The molecule has 0 atom stereocenters. The second-order valence-corrected chi connectivity index (χ2v) is 10.7. The number of hydrogen-bond acceptors (Lipinski definition) is 4. The molecule has 0 bridgehead atoms. The zero-order valence-corrected chi connectivity index (χ0v) is 23.7. The smallest absolute Gasteiger partial charge is 0.329 e. The van der Waals surface area contributed by atoms with Crippen molar-refractivity contribution < 1.29 is 19.1 Å². The van der Waals surface area contributed by atoms with E-state index < -0.39 is 24.4 Å². The van der Waals surface area contributed by atoms with E-state index in [4.69, 9.17) is 4.74 Å². The van der Waals surface area contributed by atoms with Gasteiger partial charge in [-0.05, 0) is 97.9 Å². The average Bonchev–Trinajstić information content (AvgIpc) is 3.07. The first-order valence-electron chi connectivity index (χ1n) is 10.8. The molecule has 1 saturated heterocycles. The Kier molecular flexibility index (Phi) is 8.28. The number of urea groups is 1. The van der Waals surface area contributed by atoms with Gasteiger partial charge in [0.15, 0.2) is 0 Å². The Morgan fingerprint density at radius 2 is 1.72 bits per heavy atom. The van der Waals surface area contributed by atoms with Crippen LogP contribution >= 0.6 is 47.8 Å². The van der Waals surface area contributed by atoms with Crippen LogP contribution in [0.1, 0.15) is 16.7 Å².